The van der Waals surface area contributed by atoms with Gasteiger partial charge in [0.2, 0.25) is 0 Å². The molecule has 1 aromatic rings. The Morgan fingerprint density at radius 3 is 2.75 bits per heavy atom. The van der Waals surface area contributed by atoms with Gasteiger partial charge in [0.1, 0.15) is 5.75 Å². The van der Waals surface area contributed by atoms with Gasteiger partial charge in [0.15, 0.2) is 0 Å². The molecule has 0 radical (unpaired) electrons. The molecular weight excluding hydrogens is 278 g/mol. The second-order valence-corrected chi connectivity index (χ2v) is 6.12. The van der Waals surface area contributed by atoms with E-state index in [9.17, 15) is 8.42 Å². The Bertz CT molecular complexity index is 505. The summed E-state index contributed by atoms with van der Waals surface area (Å²) in [5.41, 5.74) is 0.497. The van der Waals surface area contributed by atoms with Gasteiger partial charge in [-0.3, -0.25) is 4.72 Å². The minimum absolute atomic E-state index is 0.460. The zero-order valence-corrected chi connectivity index (χ0v) is 13.0. The molecule has 0 aromatic heterocycles. The second-order valence-electron chi connectivity index (χ2n) is 4.35. The van der Waals surface area contributed by atoms with E-state index in [0.717, 1.165) is 13.0 Å². The minimum atomic E-state index is -3.53. The average Bonchev–Trinajstić information content (AvgIpc) is 2.39. The van der Waals surface area contributed by atoms with Crippen molar-refractivity contribution in [3.63, 3.8) is 0 Å². The lowest BCUT2D eigenvalue weighted by atomic mass is 10.3. The molecule has 0 saturated carbocycles. The van der Waals surface area contributed by atoms with Gasteiger partial charge in [0.05, 0.1) is 12.3 Å². The topological polar surface area (TPSA) is 70.7 Å². The van der Waals surface area contributed by atoms with Gasteiger partial charge in [-0.1, -0.05) is 6.07 Å². The van der Waals surface area contributed by atoms with Crippen molar-refractivity contribution in [1.29, 1.82) is 0 Å². The summed E-state index contributed by atoms with van der Waals surface area (Å²) in [7, 11) is -0.126. The van der Waals surface area contributed by atoms with Gasteiger partial charge >= 0.3 is 10.2 Å². The van der Waals surface area contributed by atoms with Crippen LogP contribution in [0.15, 0.2) is 24.3 Å². The van der Waals surface area contributed by atoms with Gasteiger partial charge in [-0.15, -0.1) is 0 Å². The van der Waals surface area contributed by atoms with Crippen molar-refractivity contribution in [3.8, 4) is 5.75 Å². The van der Waals surface area contributed by atoms with Crippen LogP contribution in [0.4, 0.5) is 5.69 Å². The average molecular weight is 301 g/mol. The quantitative estimate of drug-likeness (QED) is 0.674. The molecule has 0 bridgehead atoms. The van der Waals surface area contributed by atoms with E-state index in [2.05, 4.69) is 10.0 Å². The lowest BCUT2D eigenvalue weighted by Gasteiger charge is -2.18. The molecule has 0 aliphatic carbocycles. The third kappa shape index (κ3) is 5.36. The van der Waals surface area contributed by atoms with Crippen molar-refractivity contribution < 1.29 is 13.2 Å². The standard InChI is InChI=1S/C13H23N3O3S/c1-4-19-13-8-5-7-12(11-13)15-20(17,18)16(3)10-6-9-14-2/h5,7-8,11,14-15H,4,6,9-10H2,1-3H3. The van der Waals surface area contributed by atoms with Crippen molar-refractivity contribution in [2.45, 2.75) is 13.3 Å². The number of ether oxygens (including phenoxy) is 1. The fourth-order valence-electron chi connectivity index (χ4n) is 1.64. The van der Waals surface area contributed by atoms with Crippen LogP contribution in [-0.2, 0) is 10.2 Å². The minimum Gasteiger partial charge on any atom is -0.494 e. The smallest absolute Gasteiger partial charge is 0.301 e. The lowest BCUT2D eigenvalue weighted by molar-refractivity contribution is 0.340. The Balaban J connectivity index is 2.67. The van der Waals surface area contributed by atoms with Crippen LogP contribution in [0.25, 0.3) is 0 Å². The largest absolute Gasteiger partial charge is 0.494 e. The summed E-state index contributed by atoms with van der Waals surface area (Å²) in [6.07, 6.45) is 0.757. The van der Waals surface area contributed by atoms with Gasteiger partial charge in [-0.25, -0.2) is 0 Å². The molecule has 0 amide bonds. The molecule has 7 heteroatoms. The van der Waals surface area contributed by atoms with Crippen LogP contribution in [0.3, 0.4) is 0 Å². The maximum atomic E-state index is 12.1. The lowest BCUT2D eigenvalue weighted by Crippen LogP contribution is -2.34. The number of hydrogen-bond acceptors (Lipinski definition) is 4. The van der Waals surface area contributed by atoms with Crippen LogP contribution < -0.4 is 14.8 Å². The highest BCUT2D eigenvalue weighted by Gasteiger charge is 2.17. The predicted molar refractivity (Wildman–Crippen MR) is 81.3 cm³/mol. The van der Waals surface area contributed by atoms with E-state index >= 15 is 0 Å². The van der Waals surface area contributed by atoms with Crippen molar-refractivity contribution in [2.75, 3.05) is 38.5 Å². The zero-order valence-electron chi connectivity index (χ0n) is 12.2. The maximum Gasteiger partial charge on any atom is 0.301 e. The Kier molecular flexibility index (Phi) is 6.77. The maximum absolute atomic E-state index is 12.1. The van der Waals surface area contributed by atoms with Gasteiger partial charge in [-0.05, 0) is 39.1 Å². The predicted octanol–water partition coefficient (Wildman–Crippen LogP) is 1.28. The van der Waals surface area contributed by atoms with Crippen molar-refractivity contribution in [1.82, 2.24) is 9.62 Å². The first-order valence-corrected chi connectivity index (χ1v) is 8.05. The molecule has 0 unspecified atom stereocenters. The summed E-state index contributed by atoms with van der Waals surface area (Å²) in [6, 6.07) is 6.91. The van der Waals surface area contributed by atoms with Crippen molar-refractivity contribution in [2.24, 2.45) is 0 Å². The van der Waals surface area contributed by atoms with Crippen LogP contribution in [0, 0.1) is 0 Å². The molecule has 114 valence electrons. The molecule has 6 nitrogen and oxygen atoms in total. The molecule has 0 aliphatic heterocycles. The van der Waals surface area contributed by atoms with E-state index in [0.29, 0.717) is 24.6 Å². The molecular formula is C13H23N3O3S. The van der Waals surface area contributed by atoms with E-state index in [-0.39, 0.29) is 0 Å². The summed E-state index contributed by atoms with van der Waals surface area (Å²) in [6.45, 7) is 3.66. The van der Waals surface area contributed by atoms with Crippen LogP contribution in [-0.4, -0.2) is 46.5 Å². The summed E-state index contributed by atoms with van der Waals surface area (Å²) in [5, 5.41) is 2.99. The number of benzene rings is 1. The van der Waals surface area contributed by atoms with E-state index in [1.54, 1.807) is 31.3 Å². The molecule has 0 atom stereocenters. The molecule has 1 aromatic carbocycles. The van der Waals surface area contributed by atoms with Crippen LogP contribution >= 0.6 is 0 Å². The van der Waals surface area contributed by atoms with Crippen molar-refractivity contribution in [3.05, 3.63) is 24.3 Å². The third-order valence-corrected chi connectivity index (χ3v) is 4.20. The van der Waals surface area contributed by atoms with E-state index in [4.69, 9.17) is 4.74 Å². The first kappa shape index (κ1) is 16.7. The molecule has 20 heavy (non-hydrogen) atoms. The summed E-state index contributed by atoms with van der Waals surface area (Å²) in [5.74, 6) is 0.644. The SMILES string of the molecule is CCOc1cccc(NS(=O)(=O)N(C)CCCNC)c1. The molecule has 0 heterocycles. The molecule has 0 fully saturated rings. The van der Waals surface area contributed by atoms with Gasteiger partial charge in [0, 0.05) is 19.7 Å². The Labute approximate surface area is 121 Å². The highest BCUT2D eigenvalue weighted by Crippen LogP contribution is 2.18. The zero-order chi connectivity index (χ0) is 15.0. The molecule has 2 N–H and O–H groups in total. The summed E-state index contributed by atoms with van der Waals surface area (Å²) in [4.78, 5) is 0. The van der Waals surface area contributed by atoms with Crippen molar-refractivity contribution >= 4 is 15.9 Å². The first-order chi connectivity index (χ1) is 9.49. The molecule has 0 spiro atoms. The summed E-state index contributed by atoms with van der Waals surface area (Å²) >= 11 is 0. The van der Waals surface area contributed by atoms with Crippen LogP contribution in [0.1, 0.15) is 13.3 Å². The number of anilines is 1. The Morgan fingerprint density at radius 1 is 1.35 bits per heavy atom. The summed E-state index contributed by atoms with van der Waals surface area (Å²) < 4.78 is 33.4. The first-order valence-electron chi connectivity index (χ1n) is 6.61. The van der Waals surface area contributed by atoms with E-state index < -0.39 is 10.2 Å². The third-order valence-electron chi connectivity index (χ3n) is 2.70. The highest BCUT2D eigenvalue weighted by atomic mass is 32.2. The Morgan fingerprint density at radius 2 is 2.10 bits per heavy atom. The molecule has 0 saturated heterocycles. The van der Waals surface area contributed by atoms with E-state index in [1.807, 2.05) is 14.0 Å². The van der Waals surface area contributed by atoms with Crippen LogP contribution in [0.5, 0.6) is 5.75 Å². The number of nitrogens with one attached hydrogen (secondary N) is 2. The number of hydrogen-bond donors (Lipinski definition) is 2. The fraction of sp³-hybridized carbons (Fsp3) is 0.538. The van der Waals surface area contributed by atoms with Crippen LogP contribution in [0.2, 0.25) is 0 Å². The van der Waals surface area contributed by atoms with Gasteiger partial charge in [-0.2, -0.15) is 12.7 Å². The molecule has 1 rings (SSSR count). The van der Waals surface area contributed by atoms with Gasteiger partial charge < -0.3 is 10.1 Å². The van der Waals surface area contributed by atoms with E-state index in [1.165, 1.54) is 4.31 Å². The monoisotopic (exact) mass is 301 g/mol. The Hall–Kier alpha value is -1.31. The fourth-order valence-corrected chi connectivity index (χ4v) is 2.59. The number of nitrogens with zero attached hydrogens (tertiary/aromatic N) is 1. The normalized spacial score (nSPS) is 11.6. The highest BCUT2D eigenvalue weighted by molar-refractivity contribution is 7.90. The number of rotatable bonds is 9. The second kappa shape index (κ2) is 8.08. The molecule has 0 aliphatic rings. The van der Waals surface area contributed by atoms with Gasteiger partial charge in [0.25, 0.3) is 0 Å².